The van der Waals surface area contributed by atoms with Gasteiger partial charge in [-0.1, -0.05) is 39.0 Å². The first-order valence-corrected chi connectivity index (χ1v) is 13.2. The van der Waals surface area contributed by atoms with E-state index in [1.807, 2.05) is 19.1 Å². The summed E-state index contributed by atoms with van der Waals surface area (Å²) in [6, 6.07) is 17.1. The highest BCUT2D eigenvalue weighted by atomic mass is 16.7. The number of ether oxygens (including phenoxy) is 4. The number of carbonyl (C=O) groups is 2. The Bertz CT molecular complexity index is 1480. The lowest BCUT2D eigenvalue weighted by Gasteiger charge is -2.26. The number of aliphatic hydroxyl groups is 1. The van der Waals surface area contributed by atoms with E-state index in [4.69, 9.17) is 18.9 Å². The molecule has 1 saturated heterocycles. The SMILES string of the molecule is CCOc1ccc(/C(O)=C2\C(=O)C(=O)N(Cc3ccc4c(c3)OCO4)C2c2ccc(OC)cc2)cc1C(C)(C)C. The topological polar surface area (TPSA) is 94.5 Å². The molecule has 40 heavy (non-hydrogen) atoms. The molecule has 2 aliphatic rings. The Hall–Kier alpha value is -4.46. The van der Waals surface area contributed by atoms with Gasteiger partial charge in [0.15, 0.2) is 11.5 Å². The van der Waals surface area contributed by atoms with Gasteiger partial charge in [-0.15, -0.1) is 0 Å². The Morgan fingerprint density at radius 3 is 2.40 bits per heavy atom. The summed E-state index contributed by atoms with van der Waals surface area (Å²) < 4.78 is 22.1. The molecule has 8 nitrogen and oxygen atoms in total. The Labute approximate surface area is 233 Å². The molecule has 0 bridgehead atoms. The fraction of sp³-hybridized carbons (Fsp3) is 0.312. The number of ketones is 1. The predicted octanol–water partition coefficient (Wildman–Crippen LogP) is 5.74. The quantitative estimate of drug-likeness (QED) is 0.231. The van der Waals surface area contributed by atoms with E-state index in [-0.39, 0.29) is 30.1 Å². The van der Waals surface area contributed by atoms with Crippen LogP contribution in [0, 0.1) is 0 Å². The number of aliphatic hydroxyl groups excluding tert-OH is 1. The van der Waals surface area contributed by atoms with E-state index in [2.05, 4.69) is 20.8 Å². The van der Waals surface area contributed by atoms with Crippen LogP contribution in [0.1, 0.15) is 56.0 Å². The third kappa shape index (κ3) is 4.97. The fourth-order valence-electron chi connectivity index (χ4n) is 5.11. The first-order chi connectivity index (χ1) is 19.1. The molecule has 0 saturated carbocycles. The number of methoxy groups -OCH3 is 1. The summed E-state index contributed by atoms with van der Waals surface area (Å²) in [6.07, 6.45) is 0. The van der Waals surface area contributed by atoms with Crippen LogP contribution in [0.2, 0.25) is 0 Å². The second-order valence-electron chi connectivity index (χ2n) is 10.8. The summed E-state index contributed by atoms with van der Waals surface area (Å²) in [5, 5.41) is 11.6. The van der Waals surface area contributed by atoms with Crippen molar-refractivity contribution in [2.24, 2.45) is 0 Å². The second kappa shape index (κ2) is 10.6. The van der Waals surface area contributed by atoms with Gasteiger partial charge in [0.1, 0.15) is 17.3 Å². The highest BCUT2D eigenvalue weighted by Crippen LogP contribution is 2.43. The van der Waals surface area contributed by atoms with E-state index in [1.54, 1.807) is 55.6 Å². The lowest BCUT2D eigenvalue weighted by atomic mass is 9.84. The van der Waals surface area contributed by atoms with Crippen LogP contribution in [0.5, 0.6) is 23.0 Å². The van der Waals surface area contributed by atoms with Crippen LogP contribution in [0.15, 0.2) is 66.2 Å². The largest absolute Gasteiger partial charge is 0.507 e. The molecule has 0 spiro atoms. The molecule has 3 aromatic carbocycles. The normalized spacial score (nSPS) is 17.8. The van der Waals surface area contributed by atoms with E-state index < -0.39 is 17.7 Å². The van der Waals surface area contributed by atoms with Gasteiger partial charge >= 0.3 is 0 Å². The molecule has 1 unspecified atom stereocenters. The number of nitrogens with zero attached hydrogens (tertiary/aromatic N) is 1. The molecule has 0 aliphatic carbocycles. The maximum absolute atomic E-state index is 13.6. The number of benzene rings is 3. The molecule has 0 aromatic heterocycles. The van der Waals surface area contributed by atoms with Gasteiger partial charge in [-0.25, -0.2) is 0 Å². The summed E-state index contributed by atoms with van der Waals surface area (Å²) in [5.41, 5.74) is 2.49. The zero-order valence-electron chi connectivity index (χ0n) is 23.3. The Morgan fingerprint density at radius 2 is 1.73 bits per heavy atom. The lowest BCUT2D eigenvalue weighted by Crippen LogP contribution is -2.29. The summed E-state index contributed by atoms with van der Waals surface area (Å²) >= 11 is 0. The van der Waals surface area contributed by atoms with Crippen LogP contribution >= 0.6 is 0 Å². The average molecular weight is 544 g/mol. The summed E-state index contributed by atoms with van der Waals surface area (Å²) in [5.74, 6) is 0.884. The number of amides is 1. The molecule has 1 fully saturated rings. The highest BCUT2D eigenvalue weighted by molar-refractivity contribution is 6.46. The summed E-state index contributed by atoms with van der Waals surface area (Å²) in [4.78, 5) is 28.5. The first kappa shape index (κ1) is 27.1. The van der Waals surface area contributed by atoms with Gasteiger partial charge in [0, 0.05) is 17.7 Å². The Balaban J connectivity index is 1.63. The molecule has 8 heteroatoms. The van der Waals surface area contributed by atoms with E-state index in [0.29, 0.717) is 40.7 Å². The van der Waals surface area contributed by atoms with Gasteiger partial charge in [0.2, 0.25) is 6.79 Å². The smallest absolute Gasteiger partial charge is 0.295 e. The average Bonchev–Trinajstić information content (AvgIpc) is 3.50. The van der Waals surface area contributed by atoms with Crippen molar-refractivity contribution in [2.45, 2.75) is 45.7 Å². The number of hydrogen-bond acceptors (Lipinski definition) is 7. The molecular weight excluding hydrogens is 510 g/mol. The zero-order valence-corrected chi connectivity index (χ0v) is 23.3. The Kier molecular flexibility index (Phi) is 7.19. The molecule has 1 amide bonds. The maximum Gasteiger partial charge on any atom is 0.295 e. The number of likely N-dealkylation sites (tertiary alicyclic amines) is 1. The molecule has 2 aliphatic heterocycles. The third-order valence-corrected chi connectivity index (χ3v) is 7.12. The van der Waals surface area contributed by atoms with Gasteiger partial charge in [-0.05, 0) is 65.9 Å². The van der Waals surface area contributed by atoms with Crippen LogP contribution in [0.4, 0.5) is 0 Å². The summed E-state index contributed by atoms with van der Waals surface area (Å²) in [7, 11) is 1.57. The first-order valence-electron chi connectivity index (χ1n) is 13.2. The number of fused-ring (bicyclic) bond motifs is 1. The molecule has 2 heterocycles. The predicted molar refractivity (Wildman–Crippen MR) is 150 cm³/mol. The van der Waals surface area contributed by atoms with Crippen molar-refractivity contribution >= 4 is 17.4 Å². The maximum atomic E-state index is 13.6. The van der Waals surface area contributed by atoms with Gasteiger partial charge < -0.3 is 29.0 Å². The van der Waals surface area contributed by atoms with Gasteiger partial charge in [0.05, 0.1) is 25.3 Å². The number of rotatable bonds is 7. The van der Waals surface area contributed by atoms with Gasteiger partial charge in [-0.2, -0.15) is 0 Å². The summed E-state index contributed by atoms with van der Waals surface area (Å²) in [6.45, 7) is 8.83. The van der Waals surface area contributed by atoms with Crippen LogP contribution in [0.25, 0.3) is 5.76 Å². The molecule has 1 N–H and O–H groups in total. The van der Waals surface area contributed by atoms with Crippen LogP contribution < -0.4 is 18.9 Å². The minimum absolute atomic E-state index is 0.0277. The molecule has 3 aromatic rings. The standard InChI is InChI=1S/C32H33NO7/c1-6-38-24-14-10-21(16-23(24)32(2,3)4)29(34)27-28(20-8-11-22(37-5)12-9-20)33(31(36)30(27)35)17-19-7-13-25-26(15-19)40-18-39-25/h7-16,28,34H,6,17-18H2,1-5H3/b29-27+. The minimum Gasteiger partial charge on any atom is -0.507 e. The highest BCUT2D eigenvalue weighted by Gasteiger charge is 2.46. The Morgan fingerprint density at radius 1 is 1.00 bits per heavy atom. The van der Waals surface area contributed by atoms with E-state index in [1.165, 1.54) is 4.90 Å². The molecule has 0 radical (unpaired) electrons. The number of Topliss-reactive ketones (excluding diaryl/α,β-unsaturated/α-hetero) is 1. The second-order valence-corrected chi connectivity index (χ2v) is 10.8. The number of carbonyl (C=O) groups excluding carboxylic acids is 2. The van der Waals surface area contributed by atoms with Crippen LogP contribution in [-0.4, -0.2) is 42.2 Å². The van der Waals surface area contributed by atoms with Crippen molar-refractivity contribution in [3.05, 3.63) is 88.5 Å². The van der Waals surface area contributed by atoms with Crippen molar-refractivity contribution in [3.8, 4) is 23.0 Å². The molecule has 5 rings (SSSR count). The molecule has 1 atom stereocenters. The van der Waals surface area contributed by atoms with Crippen molar-refractivity contribution in [2.75, 3.05) is 20.5 Å². The monoisotopic (exact) mass is 543 g/mol. The van der Waals surface area contributed by atoms with E-state index in [9.17, 15) is 14.7 Å². The van der Waals surface area contributed by atoms with Crippen molar-refractivity contribution in [1.29, 1.82) is 0 Å². The van der Waals surface area contributed by atoms with Crippen molar-refractivity contribution in [3.63, 3.8) is 0 Å². The minimum atomic E-state index is -0.819. The van der Waals surface area contributed by atoms with Crippen molar-refractivity contribution in [1.82, 2.24) is 4.90 Å². The zero-order chi connectivity index (χ0) is 28.6. The molecule has 208 valence electrons. The van der Waals surface area contributed by atoms with Crippen LogP contribution in [0.3, 0.4) is 0 Å². The van der Waals surface area contributed by atoms with Crippen molar-refractivity contribution < 1.29 is 33.6 Å². The van der Waals surface area contributed by atoms with Crippen LogP contribution in [-0.2, 0) is 21.5 Å². The van der Waals surface area contributed by atoms with Gasteiger partial charge in [-0.3, -0.25) is 9.59 Å². The van der Waals surface area contributed by atoms with E-state index in [0.717, 1.165) is 11.1 Å². The van der Waals surface area contributed by atoms with E-state index >= 15 is 0 Å². The molecular formula is C32H33NO7. The lowest BCUT2D eigenvalue weighted by molar-refractivity contribution is -0.140. The van der Waals surface area contributed by atoms with Gasteiger partial charge in [0.25, 0.3) is 11.7 Å². The third-order valence-electron chi connectivity index (χ3n) is 7.12. The fourth-order valence-corrected chi connectivity index (χ4v) is 5.11. The number of hydrogen-bond donors (Lipinski definition) is 1.